The van der Waals surface area contributed by atoms with Gasteiger partial charge < -0.3 is 10.1 Å². The maximum Gasteiger partial charge on any atom is 0.262 e. The van der Waals surface area contributed by atoms with Gasteiger partial charge in [0.25, 0.3) is 5.91 Å². The van der Waals surface area contributed by atoms with Gasteiger partial charge in [0, 0.05) is 4.83 Å². The second kappa shape index (κ2) is 5.74. The van der Waals surface area contributed by atoms with Crippen molar-refractivity contribution in [2.24, 2.45) is 5.92 Å². The minimum atomic E-state index is -0.0904. The van der Waals surface area contributed by atoms with Crippen molar-refractivity contribution in [3.8, 4) is 5.75 Å². The molecule has 0 fully saturated rings. The summed E-state index contributed by atoms with van der Waals surface area (Å²) in [5.74, 6) is 1.22. The van der Waals surface area contributed by atoms with Gasteiger partial charge in [-0.15, -0.1) is 0 Å². The van der Waals surface area contributed by atoms with Gasteiger partial charge in [-0.25, -0.2) is 0 Å². The average molecular weight is 312 g/mol. The topological polar surface area (TPSA) is 38.3 Å². The highest BCUT2D eigenvalue weighted by Gasteiger charge is 2.20. The Labute approximate surface area is 116 Å². The molecule has 1 N–H and O–H groups in total. The van der Waals surface area contributed by atoms with Crippen molar-refractivity contribution in [3.63, 3.8) is 0 Å². The van der Waals surface area contributed by atoms with Gasteiger partial charge in [-0.05, 0) is 30.0 Å². The maximum atomic E-state index is 11.3. The summed E-state index contributed by atoms with van der Waals surface area (Å²) in [5.41, 5.74) is 1.96. The predicted octanol–water partition coefficient (Wildman–Crippen LogP) is 3.89. The van der Waals surface area contributed by atoms with Crippen molar-refractivity contribution < 1.29 is 9.53 Å². The lowest BCUT2D eigenvalue weighted by molar-refractivity contribution is -0.118. The zero-order chi connectivity index (χ0) is 13.1. The van der Waals surface area contributed by atoms with Crippen LogP contribution in [0, 0.1) is 5.92 Å². The maximum absolute atomic E-state index is 11.3. The second-order valence-electron chi connectivity index (χ2n) is 4.76. The van der Waals surface area contributed by atoms with Crippen LogP contribution in [0.2, 0.25) is 0 Å². The molecule has 2 unspecified atom stereocenters. The highest BCUT2D eigenvalue weighted by atomic mass is 79.9. The largest absolute Gasteiger partial charge is 0.482 e. The Kier molecular flexibility index (Phi) is 4.27. The van der Waals surface area contributed by atoms with Crippen LogP contribution in [0.4, 0.5) is 5.69 Å². The number of anilines is 1. The first-order valence-corrected chi connectivity index (χ1v) is 7.24. The molecule has 0 bridgehead atoms. The molecule has 0 aromatic heterocycles. The summed E-state index contributed by atoms with van der Waals surface area (Å²) < 4.78 is 5.35. The van der Waals surface area contributed by atoms with E-state index in [1.807, 2.05) is 12.1 Å². The average Bonchev–Trinajstić information content (AvgIpc) is 2.37. The molecule has 0 aliphatic carbocycles. The molecular weight excluding hydrogens is 294 g/mol. The lowest BCUT2D eigenvalue weighted by Crippen LogP contribution is -2.25. The second-order valence-corrected chi connectivity index (χ2v) is 5.75. The van der Waals surface area contributed by atoms with Gasteiger partial charge in [0.15, 0.2) is 6.61 Å². The number of hydrogen-bond acceptors (Lipinski definition) is 2. The van der Waals surface area contributed by atoms with Crippen LogP contribution in [0.5, 0.6) is 5.75 Å². The smallest absolute Gasteiger partial charge is 0.262 e. The van der Waals surface area contributed by atoms with Gasteiger partial charge >= 0.3 is 0 Å². The van der Waals surface area contributed by atoms with E-state index in [9.17, 15) is 4.79 Å². The monoisotopic (exact) mass is 311 g/mol. The molecule has 1 aromatic carbocycles. The summed E-state index contributed by atoms with van der Waals surface area (Å²) >= 11 is 3.74. The number of halogens is 1. The minimum Gasteiger partial charge on any atom is -0.482 e. The molecule has 0 saturated carbocycles. The lowest BCUT2D eigenvalue weighted by atomic mass is 9.96. The zero-order valence-electron chi connectivity index (χ0n) is 10.7. The summed E-state index contributed by atoms with van der Waals surface area (Å²) in [4.78, 5) is 11.6. The van der Waals surface area contributed by atoms with Crippen LogP contribution in [-0.2, 0) is 4.79 Å². The number of rotatable bonds is 4. The van der Waals surface area contributed by atoms with E-state index in [4.69, 9.17) is 4.74 Å². The molecule has 18 heavy (non-hydrogen) atoms. The Hall–Kier alpha value is -1.03. The van der Waals surface area contributed by atoms with Crippen LogP contribution in [-0.4, -0.2) is 12.5 Å². The minimum absolute atomic E-state index is 0.0904. The van der Waals surface area contributed by atoms with Gasteiger partial charge in [0.2, 0.25) is 0 Å². The van der Waals surface area contributed by atoms with E-state index < -0.39 is 0 Å². The van der Waals surface area contributed by atoms with Gasteiger partial charge in [-0.1, -0.05) is 42.3 Å². The molecule has 1 heterocycles. The van der Waals surface area contributed by atoms with Crippen molar-refractivity contribution in [2.45, 2.75) is 31.5 Å². The van der Waals surface area contributed by atoms with Crippen LogP contribution in [0.15, 0.2) is 18.2 Å². The SMILES string of the molecule is CCCC(C)C(Br)c1ccc2c(c1)NC(=O)CO2. The molecule has 2 atom stereocenters. The van der Waals surface area contributed by atoms with E-state index in [1.54, 1.807) is 0 Å². The molecule has 2 rings (SSSR count). The molecule has 0 spiro atoms. The number of benzene rings is 1. The van der Waals surface area contributed by atoms with Gasteiger partial charge in [-0.2, -0.15) is 0 Å². The third kappa shape index (κ3) is 2.86. The van der Waals surface area contributed by atoms with Gasteiger partial charge in [0.05, 0.1) is 5.69 Å². The zero-order valence-corrected chi connectivity index (χ0v) is 12.3. The van der Waals surface area contributed by atoms with Crippen LogP contribution in [0.3, 0.4) is 0 Å². The van der Waals surface area contributed by atoms with E-state index in [2.05, 4.69) is 41.2 Å². The Morgan fingerprint density at radius 3 is 3.00 bits per heavy atom. The molecule has 0 radical (unpaired) electrons. The molecule has 4 heteroatoms. The van der Waals surface area contributed by atoms with Crippen LogP contribution >= 0.6 is 15.9 Å². The summed E-state index contributed by atoms with van der Waals surface area (Å²) in [7, 11) is 0. The molecule has 1 aliphatic heterocycles. The first-order chi connectivity index (χ1) is 8.61. The molecule has 3 nitrogen and oxygen atoms in total. The Morgan fingerprint density at radius 2 is 2.28 bits per heavy atom. The summed E-state index contributed by atoms with van der Waals surface area (Å²) in [6.07, 6.45) is 2.35. The first kappa shape index (κ1) is 13.4. The quantitative estimate of drug-likeness (QED) is 0.857. The van der Waals surface area contributed by atoms with Crippen molar-refractivity contribution in [1.29, 1.82) is 0 Å². The van der Waals surface area contributed by atoms with Crippen molar-refractivity contribution >= 4 is 27.5 Å². The summed E-state index contributed by atoms with van der Waals surface area (Å²) in [5, 5.41) is 2.84. The molecular formula is C14H18BrNO2. The van der Waals surface area contributed by atoms with Crippen molar-refractivity contribution in [3.05, 3.63) is 23.8 Å². The number of carbonyl (C=O) groups is 1. The van der Waals surface area contributed by atoms with Crippen molar-refractivity contribution in [2.75, 3.05) is 11.9 Å². The van der Waals surface area contributed by atoms with E-state index in [0.717, 1.165) is 11.4 Å². The van der Waals surface area contributed by atoms with Crippen LogP contribution in [0.25, 0.3) is 0 Å². The van der Waals surface area contributed by atoms with Crippen LogP contribution in [0.1, 0.15) is 37.1 Å². The number of fused-ring (bicyclic) bond motifs is 1. The highest BCUT2D eigenvalue weighted by Crippen LogP contribution is 2.38. The predicted molar refractivity (Wildman–Crippen MR) is 76.3 cm³/mol. The number of alkyl halides is 1. The Morgan fingerprint density at radius 1 is 1.50 bits per heavy atom. The van der Waals surface area contributed by atoms with E-state index in [1.165, 1.54) is 18.4 Å². The molecule has 0 saturated heterocycles. The van der Waals surface area contributed by atoms with E-state index in [-0.39, 0.29) is 12.5 Å². The molecule has 1 aromatic rings. The Bertz CT molecular complexity index is 447. The normalized spacial score (nSPS) is 17.4. The fraction of sp³-hybridized carbons (Fsp3) is 0.500. The van der Waals surface area contributed by atoms with Gasteiger partial charge in [0.1, 0.15) is 5.75 Å². The number of ether oxygens (including phenoxy) is 1. The first-order valence-electron chi connectivity index (χ1n) is 6.32. The third-order valence-electron chi connectivity index (χ3n) is 3.20. The van der Waals surface area contributed by atoms with Crippen LogP contribution < -0.4 is 10.1 Å². The van der Waals surface area contributed by atoms with E-state index >= 15 is 0 Å². The summed E-state index contributed by atoms with van der Waals surface area (Å²) in [6.45, 7) is 4.53. The standard InChI is InChI=1S/C14H18BrNO2/c1-3-4-9(2)14(15)10-5-6-12-11(7-10)16-13(17)8-18-12/h5-7,9,14H,3-4,8H2,1-2H3,(H,16,17). The van der Waals surface area contributed by atoms with E-state index in [0.29, 0.717) is 10.7 Å². The van der Waals surface area contributed by atoms with Gasteiger partial charge in [-0.3, -0.25) is 4.79 Å². The number of hydrogen-bond donors (Lipinski definition) is 1. The number of nitrogens with one attached hydrogen (secondary N) is 1. The molecule has 98 valence electrons. The number of amides is 1. The lowest BCUT2D eigenvalue weighted by Gasteiger charge is -2.22. The van der Waals surface area contributed by atoms with Crippen molar-refractivity contribution in [1.82, 2.24) is 0 Å². The summed E-state index contributed by atoms with van der Waals surface area (Å²) in [6, 6.07) is 5.98. The fourth-order valence-electron chi connectivity index (χ4n) is 2.20. The number of carbonyl (C=O) groups excluding carboxylic acids is 1. The highest BCUT2D eigenvalue weighted by molar-refractivity contribution is 9.09. The Balaban J connectivity index is 2.20. The fourth-order valence-corrected chi connectivity index (χ4v) is 2.75. The molecule has 1 amide bonds. The third-order valence-corrected chi connectivity index (χ3v) is 4.63. The molecule has 1 aliphatic rings.